The molecule has 1 aromatic heterocycles. The van der Waals surface area contributed by atoms with E-state index < -0.39 is 10.0 Å². The van der Waals surface area contributed by atoms with Crippen molar-refractivity contribution < 1.29 is 13.2 Å². The van der Waals surface area contributed by atoms with Crippen LogP contribution in [0.1, 0.15) is 10.5 Å². The van der Waals surface area contributed by atoms with Crippen LogP contribution in [0.15, 0.2) is 71.8 Å². The molecule has 0 saturated carbocycles. The van der Waals surface area contributed by atoms with Gasteiger partial charge in [-0.15, -0.1) is 0 Å². The van der Waals surface area contributed by atoms with Crippen molar-refractivity contribution in [3.8, 4) is 11.4 Å². The molecule has 0 spiro atoms. The van der Waals surface area contributed by atoms with Gasteiger partial charge >= 0.3 is 0 Å². The molecule has 0 amide bonds. The Bertz CT molecular complexity index is 901. The monoisotopic (exact) mass is 312 g/mol. The van der Waals surface area contributed by atoms with Gasteiger partial charge in [0.25, 0.3) is 10.0 Å². The lowest BCUT2D eigenvalue weighted by atomic mass is 10.2. The van der Waals surface area contributed by atoms with Gasteiger partial charge in [-0.3, -0.25) is 4.79 Å². The van der Waals surface area contributed by atoms with Crippen molar-refractivity contribution in [2.24, 2.45) is 0 Å². The maximum atomic E-state index is 12.8. The van der Waals surface area contributed by atoms with Crippen LogP contribution in [-0.2, 0) is 10.0 Å². The minimum absolute atomic E-state index is 0.0679. The standard InChI is InChI=1S/C16H12N2O3S/c19-12-14-11-18(16(17-14)13-7-3-1-4-8-13)22(20,21)15-9-5-2-6-10-15/h1-12H. The predicted molar refractivity (Wildman–Crippen MR) is 82.1 cm³/mol. The number of rotatable bonds is 4. The zero-order chi connectivity index (χ0) is 15.6. The summed E-state index contributed by atoms with van der Waals surface area (Å²) in [6.45, 7) is 0. The van der Waals surface area contributed by atoms with Crippen LogP contribution in [0.5, 0.6) is 0 Å². The minimum atomic E-state index is -3.81. The number of nitrogens with zero attached hydrogens (tertiary/aromatic N) is 2. The molecule has 3 rings (SSSR count). The van der Waals surface area contributed by atoms with E-state index in [1.165, 1.54) is 18.3 Å². The smallest absolute Gasteiger partial charge is 0.269 e. The largest absolute Gasteiger partial charge is 0.296 e. The average Bonchev–Trinajstić information content (AvgIpc) is 3.02. The summed E-state index contributed by atoms with van der Waals surface area (Å²) in [7, 11) is -3.81. The molecule has 0 aliphatic heterocycles. The molecule has 0 fully saturated rings. The second-order valence-corrected chi connectivity index (χ2v) is 6.40. The zero-order valence-electron chi connectivity index (χ0n) is 11.5. The normalized spacial score (nSPS) is 11.3. The third-order valence-corrected chi connectivity index (χ3v) is 4.81. The van der Waals surface area contributed by atoms with Gasteiger partial charge in [-0.2, -0.15) is 0 Å². The average molecular weight is 312 g/mol. The number of imidazole rings is 1. The van der Waals surface area contributed by atoms with Crippen LogP contribution in [-0.4, -0.2) is 23.7 Å². The fraction of sp³-hybridized carbons (Fsp3) is 0. The summed E-state index contributed by atoms with van der Waals surface area (Å²) in [5.41, 5.74) is 0.688. The second-order valence-electron chi connectivity index (χ2n) is 4.59. The van der Waals surface area contributed by atoms with Crippen molar-refractivity contribution in [1.29, 1.82) is 0 Å². The third kappa shape index (κ3) is 2.44. The molecule has 0 bridgehead atoms. The molecule has 2 aromatic carbocycles. The molecule has 5 nitrogen and oxygen atoms in total. The van der Waals surface area contributed by atoms with Crippen molar-refractivity contribution in [2.75, 3.05) is 0 Å². The number of hydrogen-bond acceptors (Lipinski definition) is 4. The quantitative estimate of drug-likeness (QED) is 0.694. The van der Waals surface area contributed by atoms with E-state index >= 15 is 0 Å². The Morgan fingerprint density at radius 2 is 1.50 bits per heavy atom. The van der Waals surface area contributed by atoms with Gasteiger partial charge < -0.3 is 0 Å². The van der Waals surface area contributed by atoms with Crippen molar-refractivity contribution in [2.45, 2.75) is 4.90 Å². The molecule has 0 radical (unpaired) electrons. The van der Waals surface area contributed by atoms with Gasteiger partial charge in [-0.25, -0.2) is 17.4 Å². The Balaban J connectivity index is 2.23. The summed E-state index contributed by atoms with van der Waals surface area (Å²) in [6.07, 6.45) is 1.76. The Morgan fingerprint density at radius 1 is 0.909 bits per heavy atom. The van der Waals surface area contributed by atoms with Crippen LogP contribution in [0, 0.1) is 0 Å². The Kier molecular flexibility index (Phi) is 3.60. The molecule has 110 valence electrons. The summed E-state index contributed by atoms with van der Waals surface area (Å²) < 4.78 is 26.6. The van der Waals surface area contributed by atoms with E-state index in [-0.39, 0.29) is 16.4 Å². The van der Waals surface area contributed by atoms with E-state index in [4.69, 9.17) is 0 Å². The van der Waals surface area contributed by atoms with Gasteiger partial charge in [0, 0.05) is 5.56 Å². The number of aromatic nitrogens is 2. The van der Waals surface area contributed by atoms with E-state index in [0.29, 0.717) is 11.8 Å². The summed E-state index contributed by atoms with van der Waals surface area (Å²) in [5.74, 6) is 0.214. The summed E-state index contributed by atoms with van der Waals surface area (Å²) in [5, 5.41) is 0. The van der Waals surface area contributed by atoms with Gasteiger partial charge in [0.15, 0.2) is 12.1 Å². The molecule has 22 heavy (non-hydrogen) atoms. The van der Waals surface area contributed by atoms with E-state index in [2.05, 4.69) is 4.98 Å². The van der Waals surface area contributed by atoms with Crippen LogP contribution in [0.4, 0.5) is 0 Å². The molecule has 0 unspecified atom stereocenters. The third-order valence-electron chi connectivity index (χ3n) is 3.15. The van der Waals surface area contributed by atoms with Crippen molar-refractivity contribution in [3.05, 3.63) is 72.6 Å². The Hall–Kier alpha value is -2.73. The highest BCUT2D eigenvalue weighted by molar-refractivity contribution is 7.90. The molecule has 0 aliphatic carbocycles. The molecule has 0 N–H and O–H groups in total. The van der Waals surface area contributed by atoms with Crippen LogP contribution in [0.2, 0.25) is 0 Å². The number of carbonyl (C=O) groups is 1. The lowest BCUT2D eigenvalue weighted by molar-refractivity contribution is 0.111. The summed E-state index contributed by atoms with van der Waals surface area (Å²) in [6, 6.07) is 16.9. The highest BCUT2D eigenvalue weighted by Crippen LogP contribution is 2.23. The molecule has 0 saturated heterocycles. The van der Waals surface area contributed by atoms with Gasteiger partial charge in [-0.05, 0) is 12.1 Å². The van der Waals surface area contributed by atoms with E-state index in [1.807, 2.05) is 6.07 Å². The first-order valence-corrected chi connectivity index (χ1v) is 7.97. The zero-order valence-corrected chi connectivity index (χ0v) is 12.3. The highest BCUT2D eigenvalue weighted by Gasteiger charge is 2.22. The molecular weight excluding hydrogens is 300 g/mol. The number of benzene rings is 2. The van der Waals surface area contributed by atoms with E-state index in [1.54, 1.807) is 42.5 Å². The fourth-order valence-corrected chi connectivity index (χ4v) is 3.46. The lowest BCUT2D eigenvalue weighted by Crippen LogP contribution is -2.13. The molecule has 6 heteroatoms. The first kappa shape index (κ1) is 14.2. The first-order chi connectivity index (χ1) is 10.6. The topological polar surface area (TPSA) is 69.0 Å². The summed E-state index contributed by atoms with van der Waals surface area (Å²) >= 11 is 0. The number of aldehydes is 1. The van der Waals surface area contributed by atoms with Crippen LogP contribution in [0.3, 0.4) is 0 Å². The van der Waals surface area contributed by atoms with Crippen LogP contribution >= 0.6 is 0 Å². The number of carbonyl (C=O) groups excluding carboxylic acids is 1. The first-order valence-electron chi connectivity index (χ1n) is 6.53. The SMILES string of the molecule is O=Cc1cn(S(=O)(=O)c2ccccc2)c(-c2ccccc2)n1. The Morgan fingerprint density at radius 3 is 2.09 bits per heavy atom. The Labute approximate surface area is 127 Å². The van der Waals surface area contributed by atoms with Crippen molar-refractivity contribution in [1.82, 2.24) is 8.96 Å². The van der Waals surface area contributed by atoms with E-state index in [0.717, 1.165) is 3.97 Å². The van der Waals surface area contributed by atoms with Gasteiger partial charge in [0.1, 0.15) is 5.69 Å². The maximum absolute atomic E-state index is 12.8. The van der Waals surface area contributed by atoms with Crippen molar-refractivity contribution >= 4 is 16.3 Å². The number of hydrogen-bond donors (Lipinski definition) is 0. The van der Waals surface area contributed by atoms with Crippen LogP contribution in [0.25, 0.3) is 11.4 Å². The molecule has 0 atom stereocenters. The van der Waals surface area contributed by atoms with Crippen molar-refractivity contribution in [3.63, 3.8) is 0 Å². The minimum Gasteiger partial charge on any atom is -0.296 e. The van der Waals surface area contributed by atoms with Crippen LogP contribution < -0.4 is 0 Å². The van der Waals surface area contributed by atoms with Gasteiger partial charge in [0.05, 0.1) is 11.1 Å². The maximum Gasteiger partial charge on any atom is 0.269 e. The van der Waals surface area contributed by atoms with Gasteiger partial charge in [-0.1, -0.05) is 48.5 Å². The highest BCUT2D eigenvalue weighted by atomic mass is 32.2. The van der Waals surface area contributed by atoms with E-state index in [9.17, 15) is 13.2 Å². The van der Waals surface area contributed by atoms with Gasteiger partial charge in [0.2, 0.25) is 0 Å². The summed E-state index contributed by atoms with van der Waals surface area (Å²) in [4.78, 5) is 15.2. The molecule has 3 aromatic rings. The second kappa shape index (κ2) is 5.57. The fourth-order valence-electron chi connectivity index (χ4n) is 2.11. The lowest BCUT2D eigenvalue weighted by Gasteiger charge is -2.09. The molecule has 0 aliphatic rings. The molecule has 1 heterocycles. The molecular formula is C16H12N2O3S. The predicted octanol–water partition coefficient (Wildman–Crippen LogP) is 2.60.